The van der Waals surface area contributed by atoms with E-state index in [1.807, 2.05) is 6.07 Å². The Labute approximate surface area is 127 Å². The van der Waals surface area contributed by atoms with Crippen molar-refractivity contribution in [2.75, 3.05) is 13.1 Å². The number of amides is 1. The first-order valence-electron chi connectivity index (χ1n) is 6.59. The van der Waals surface area contributed by atoms with E-state index >= 15 is 0 Å². The van der Waals surface area contributed by atoms with Crippen molar-refractivity contribution >= 4 is 40.4 Å². The molecule has 0 spiro atoms. The number of carbonyl (C=O) groups is 1. The topological polar surface area (TPSA) is 41.1 Å². The third-order valence-corrected chi connectivity index (χ3v) is 4.85. The summed E-state index contributed by atoms with van der Waals surface area (Å²) >= 11 is 13.3. The van der Waals surface area contributed by atoms with E-state index in [4.69, 9.17) is 23.2 Å². The second kappa shape index (κ2) is 7.48. The van der Waals surface area contributed by atoms with Crippen molar-refractivity contribution in [3.8, 4) is 0 Å². The van der Waals surface area contributed by atoms with Gasteiger partial charge >= 0.3 is 0 Å². The van der Waals surface area contributed by atoms with Crippen molar-refractivity contribution in [1.82, 2.24) is 10.6 Å². The standard InChI is InChI=1S/C13H18Cl2N2OS/c14-11-7-9(13(15)19-11)3-1-5-12(18)17-8-10-4-2-6-16-10/h7,10,16H,1-6,8H2,(H,17,18). The van der Waals surface area contributed by atoms with Gasteiger partial charge in [0, 0.05) is 19.0 Å². The van der Waals surface area contributed by atoms with Crippen LogP contribution in [0.15, 0.2) is 6.07 Å². The highest BCUT2D eigenvalue weighted by molar-refractivity contribution is 7.20. The first-order chi connectivity index (χ1) is 9.15. The van der Waals surface area contributed by atoms with Crippen molar-refractivity contribution in [1.29, 1.82) is 0 Å². The van der Waals surface area contributed by atoms with Crippen LogP contribution in [0.5, 0.6) is 0 Å². The zero-order valence-electron chi connectivity index (χ0n) is 10.7. The Kier molecular flexibility index (Phi) is 5.95. The second-order valence-corrected chi connectivity index (χ2v) is 7.09. The summed E-state index contributed by atoms with van der Waals surface area (Å²) in [5.74, 6) is 0.117. The van der Waals surface area contributed by atoms with Gasteiger partial charge < -0.3 is 10.6 Å². The van der Waals surface area contributed by atoms with Crippen LogP contribution in [0.1, 0.15) is 31.2 Å². The molecule has 1 aromatic heterocycles. The Hall–Kier alpha value is -0.290. The maximum Gasteiger partial charge on any atom is 0.220 e. The fourth-order valence-electron chi connectivity index (χ4n) is 2.24. The normalized spacial score (nSPS) is 18.7. The smallest absolute Gasteiger partial charge is 0.220 e. The molecule has 1 atom stereocenters. The number of aryl methyl sites for hydroxylation is 1. The molecule has 1 amide bonds. The number of thiophene rings is 1. The molecule has 3 nitrogen and oxygen atoms in total. The molecule has 1 unspecified atom stereocenters. The van der Waals surface area contributed by atoms with Crippen LogP contribution in [-0.2, 0) is 11.2 Å². The lowest BCUT2D eigenvalue weighted by atomic mass is 10.1. The van der Waals surface area contributed by atoms with E-state index in [0.29, 0.717) is 16.8 Å². The summed E-state index contributed by atoms with van der Waals surface area (Å²) in [6, 6.07) is 2.34. The molecule has 6 heteroatoms. The van der Waals surface area contributed by atoms with Gasteiger partial charge in [0.1, 0.15) is 0 Å². The number of carbonyl (C=O) groups excluding carboxylic acids is 1. The third-order valence-electron chi connectivity index (χ3n) is 3.29. The highest BCUT2D eigenvalue weighted by Gasteiger charge is 2.14. The van der Waals surface area contributed by atoms with Gasteiger partial charge in [0.15, 0.2) is 0 Å². The molecule has 1 fully saturated rings. The summed E-state index contributed by atoms with van der Waals surface area (Å²) in [6.45, 7) is 1.81. The van der Waals surface area contributed by atoms with E-state index in [1.54, 1.807) is 0 Å². The summed E-state index contributed by atoms with van der Waals surface area (Å²) < 4.78 is 1.44. The zero-order chi connectivity index (χ0) is 13.7. The predicted octanol–water partition coefficient (Wildman–Crippen LogP) is 3.25. The summed E-state index contributed by atoms with van der Waals surface area (Å²) in [4.78, 5) is 11.7. The van der Waals surface area contributed by atoms with Gasteiger partial charge in [-0.15, -0.1) is 11.3 Å². The lowest BCUT2D eigenvalue weighted by Crippen LogP contribution is -2.37. The van der Waals surface area contributed by atoms with Gasteiger partial charge in [-0.2, -0.15) is 0 Å². The summed E-state index contributed by atoms with van der Waals surface area (Å²) in [7, 11) is 0. The number of nitrogens with one attached hydrogen (secondary N) is 2. The molecule has 0 bridgehead atoms. The first kappa shape index (κ1) is 15.1. The van der Waals surface area contributed by atoms with E-state index < -0.39 is 0 Å². The van der Waals surface area contributed by atoms with E-state index in [0.717, 1.165) is 42.3 Å². The molecular formula is C13H18Cl2N2OS. The molecule has 2 N–H and O–H groups in total. The first-order valence-corrected chi connectivity index (χ1v) is 8.16. The van der Waals surface area contributed by atoms with Crippen molar-refractivity contribution in [2.24, 2.45) is 0 Å². The fourth-order valence-corrected chi connectivity index (χ4v) is 3.79. The van der Waals surface area contributed by atoms with Crippen LogP contribution in [0.2, 0.25) is 8.67 Å². The number of rotatable bonds is 6. The molecule has 106 valence electrons. The van der Waals surface area contributed by atoms with E-state index in [-0.39, 0.29) is 5.91 Å². The third kappa shape index (κ3) is 4.95. The molecule has 2 rings (SSSR count). The Morgan fingerprint density at radius 1 is 1.53 bits per heavy atom. The van der Waals surface area contributed by atoms with Crippen molar-refractivity contribution in [3.05, 3.63) is 20.3 Å². The highest BCUT2D eigenvalue weighted by Crippen LogP contribution is 2.31. The molecule has 0 aliphatic carbocycles. The van der Waals surface area contributed by atoms with Gasteiger partial charge in [0.25, 0.3) is 0 Å². The average Bonchev–Trinajstić information content (AvgIpc) is 2.97. The van der Waals surface area contributed by atoms with Crippen molar-refractivity contribution in [2.45, 2.75) is 38.1 Å². The van der Waals surface area contributed by atoms with Crippen LogP contribution < -0.4 is 10.6 Å². The van der Waals surface area contributed by atoms with E-state index in [1.165, 1.54) is 17.8 Å². The largest absolute Gasteiger partial charge is 0.355 e. The van der Waals surface area contributed by atoms with Crippen LogP contribution in [-0.4, -0.2) is 25.0 Å². The van der Waals surface area contributed by atoms with Crippen molar-refractivity contribution in [3.63, 3.8) is 0 Å². The number of halogens is 2. The summed E-state index contributed by atoms with van der Waals surface area (Å²) in [6.07, 6.45) is 4.51. The molecule has 0 saturated carbocycles. The SMILES string of the molecule is O=C(CCCc1cc(Cl)sc1Cl)NCC1CCCN1. The fraction of sp³-hybridized carbons (Fsp3) is 0.615. The quantitative estimate of drug-likeness (QED) is 0.844. The average molecular weight is 321 g/mol. The van der Waals surface area contributed by atoms with Gasteiger partial charge in [-0.1, -0.05) is 23.2 Å². The van der Waals surface area contributed by atoms with Gasteiger partial charge in [0.05, 0.1) is 8.67 Å². The molecular weight excluding hydrogens is 303 g/mol. The molecule has 1 aliphatic heterocycles. The Balaban J connectivity index is 1.62. The number of hydrogen-bond donors (Lipinski definition) is 2. The van der Waals surface area contributed by atoms with Crippen LogP contribution in [0, 0.1) is 0 Å². The Morgan fingerprint density at radius 2 is 2.37 bits per heavy atom. The van der Waals surface area contributed by atoms with Gasteiger partial charge in [-0.05, 0) is 43.9 Å². The van der Waals surface area contributed by atoms with Gasteiger partial charge in [0.2, 0.25) is 5.91 Å². The molecule has 0 radical (unpaired) electrons. The summed E-state index contributed by atoms with van der Waals surface area (Å²) in [5, 5.41) is 6.33. The Bertz CT molecular complexity index is 430. The zero-order valence-corrected chi connectivity index (χ0v) is 13.0. The monoisotopic (exact) mass is 320 g/mol. The molecule has 0 aromatic carbocycles. The Morgan fingerprint density at radius 3 is 3.00 bits per heavy atom. The second-order valence-electron chi connectivity index (χ2n) is 4.80. The minimum atomic E-state index is 0.117. The van der Waals surface area contributed by atoms with Crippen LogP contribution in [0.25, 0.3) is 0 Å². The lowest BCUT2D eigenvalue weighted by molar-refractivity contribution is -0.121. The van der Waals surface area contributed by atoms with Gasteiger partial charge in [-0.25, -0.2) is 0 Å². The van der Waals surface area contributed by atoms with Crippen LogP contribution in [0.3, 0.4) is 0 Å². The molecule has 19 heavy (non-hydrogen) atoms. The highest BCUT2D eigenvalue weighted by atomic mass is 35.5. The van der Waals surface area contributed by atoms with Crippen molar-refractivity contribution < 1.29 is 4.79 Å². The minimum absolute atomic E-state index is 0.117. The maximum atomic E-state index is 11.7. The lowest BCUT2D eigenvalue weighted by Gasteiger charge is -2.11. The number of hydrogen-bond acceptors (Lipinski definition) is 3. The molecule has 1 aliphatic rings. The predicted molar refractivity (Wildman–Crippen MR) is 81.3 cm³/mol. The summed E-state index contributed by atoms with van der Waals surface area (Å²) in [5.41, 5.74) is 1.04. The van der Waals surface area contributed by atoms with Crippen LogP contribution in [0.4, 0.5) is 0 Å². The van der Waals surface area contributed by atoms with Gasteiger partial charge in [-0.3, -0.25) is 4.79 Å². The molecule has 1 aromatic rings. The maximum absolute atomic E-state index is 11.7. The van der Waals surface area contributed by atoms with E-state index in [9.17, 15) is 4.79 Å². The minimum Gasteiger partial charge on any atom is -0.355 e. The van der Waals surface area contributed by atoms with Crippen LogP contribution >= 0.6 is 34.5 Å². The molecule has 2 heterocycles. The van der Waals surface area contributed by atoms with E-state index in [2.05, 4.69) is 10.6 Å². The molecule has 1 saturated heterocycles.